The Morgan fingerprint density at radius 3 is 2.68 bits per heavy atom. The quantitative estimate of drug-likeness (QED) is 0.506. The Kier molecular flexibility index (Phi) is 7.12. The lowest BCUT2D eigenvalue weighted by Crippen LogP contribution is -2.39. The lowest BCUT2D eigenvalue weighted by atomic mass is 10.1. The maximum absolute atomic E-state index is 13.2. The maximum Gasteiger partial charge on any atom is 0.252 e. The molecule has 0 radical (unpaired) electrons. The summed E-state index contributed by atoms with van der Waals surface area (Å²) in [6.07, 6.45) is 4.43. The van der Waals surface area contributed by atoms with Crippen molar-refractivity contribution in [3.05, 3.63) is 65.2 Å². The molecule has 0 spiro atoms. The summed E-state index contributed by atoms with van der Waals surface area (Å²) in [6, 6.07) is 14.2. The normalized spacial score (nSPS) is 15.0. The number of aryl methyl sites for hydroxylation is 2. The number of carbonyl (C=O) groups excluding carboxylic acids is 1. The highest BCUT2D eigenvalue weighted by Crippen LogP contribution is 2.31. The molecule has 4 rings (SSSR count). The standard InChI is InChI=1S/C25H29N3O2S/c1-19-17-22-23(18-20(19)2)31-25(26-22)28(12-6-11-27-13-15-30-16-14-27)24(29)10-9-21-7-4-3-5-8-21/h3-5,7-10,17-18H,6,11-16H2,1-2H3/b10-9+. The van der Waals surface area contributed by atoms with Crippen LogP contribution in [0.4, 0.5) is 5.13 Å². The fourth-order valence-corrected chi connectivity index (χ4v) is 4.76. The van der Waals surface area contributed by atoms with Gasteiger partial charge in [0, 0.05) is 32.3 Å². The first kappa shape index (κ1) is 21.7. The zero-order valence-corrected chi connectivity index (χ0v) is 19.0. The SMILES string of the molecule is Cc1cc2nc(N(CCCN3CCOCC3)C(=O)/C=C/c3ccccc3)sc2cc1C. The first-order chi connectivity index (χ1) is 15.1. The van der Waals surface area contributed by atoms with Gasteiger partial charge in [-0.25, -0.2) is 4.98 Å². The highest BCUT2D eigenvalue weighted by molar-refractivity contribution is 7.22. The number of nitrogens with zero attached hydrogens (tertiary/aromatic N) is 3. The van der Waals surface area contributed by atoms with Gasteiger partial charge in [0.1, 0.15) is 0 Å². The topological polar surface area (TPSA) is 45.7 Å². The zero-order valence-electron chi connectivity index (χ0n) is 18.2. The Bertz CT molecular complexity index is 1020. The van der Waals surface area contributed by atoms with Crippen molar-refractivity contribution in [3.8, 4) is 0 Å². The van der Waals surface area contributed by atoms with E-state index in [0.717, 1.165) is 60.2 Å². The number of anilines is 1. The summed E-state index contributed by atoms with van der Waals surface area (Å²) in [7, 11) is 0. The van der Waals surface area contributed by atoms with Crippen molar-refractivity contribution in [2.24, 2.45) is 0 Å². The van der Waals surface area contributed by atoms with Crippen LogP contribution in [0.1, 0.15) is 23.1 Å². The Labute approximate surface area is 188 Å². The highest BCUT2D eigenvalue weighted by Gasteiger charge is 2.19. The molecule has 2 aromatic carbocycles. The average molecular weight is 436 g/mol. The van der Waals surface area contributed by atoms with Crippen LogP contribution in [0.25, 0.3) is 16.3 Å². The third kappa shape index (κ3) is 5.58. The molecule has 1 fully saturated rings. The van der Waals surface area contributed by atoms with Crippen molar-refractivity contribution < 1.29 is 9.53 Å². The molecule has 0 N–H and O–H groups in total. The molecule has 1 amide bonds. The van der Waals surface area contributed by atoms with Gasteiger partial charge in [-0.3, -0.25) is 14.6 Å². The smallest absolute Gasteiger partial charge is 0.252 e. The number of hydrogen-bond donors (Lipinski definition) is 0. The molecular weight excluding hydrogens is 406 g/mol. The maximum atomic E-state index is 13.2. The molecule has 162 valence electrons. The number of amides is 1. The van der Waals surface area contributed by atoms with Crippen LogP contribution in [-0.4, -0.2) is 55.2 Å². The largest absolute Gasteiger partial charge is 0.379 e. The van der Waals surface area contributed by atoms with Gasteiger partial charge in [-0.05, 0) is 55.2 Å². The molecule has 1 aromatic heterocycles. The minimum absolute atomic E-state index is 0.0293. The van der Waals surface area contributed by atoms with E-state index < -0.39 is 0 Å². The van der Waals surface area contributed by atoms with Gasteiger partial charge in [-0.1, -0.05) is 41.7 Å². The van der Waals surface area contributed by atoms with E-state index in [1.54, 1.807) is 17.4 Å². The van der Waals surface area contributed by atoms with Crippen molar-refractivity contribution in [3.63, 3.8) is 0 Å². The summed E-state index contributed by atoms with van der Waals surface area (Å²) in [5.74, 6) is -0.0293. The van der Waals surface area contributed by atoms with E-state index >= 15 is 0 Å². The summed E-state index contributed by atoms with van der Waals surface area (Å²) in [5, 5.41) is 0.768. The number of hydrogen-bond acceptors (Lipinski definition) is 5. The summed E-state index contributed by atoms with van der Waals surface area (Å²) in [4.78, 5) is 22.2. The predicted octanol–water partition coefficient (Wildman–Crippen LogP) is 4.68. The predicted molar refractivity (Wildman–Crippen MR) is 129 cm³/mol. The van der Waals surface area contributed by atoms with Gasteiger partial charge in [0.2, 0.25) is 0 Å². The first-order valence-electron chi connectivity index (χ1n) is 10.8. The molecule has 2 heterocycles. The molecule has 0 atom stereocenters. The molecule has 0 unspecified atom stereocenters. The van der Waals surface area contributed by atoms with E-state index in [2.05, 4.69) is 30.9 Å². The lowest BCUT2D eigenvalue weighted by molar-refractivity contribution is -0.114. The van der Waals surface area contributed by atoms with Crippen LogP contribution in [-0.2, 0) is 9.53 Å². The second kappa shape index (κ2) is 10.2. The van der Waals surface area contributed by atoms with Crippen molar-refractivity contribution in [1.82, 2.24) is 9.88 Å². The molecule has 1 aliphatic rings. The number of benzene rings is 2. The van der Waals surface area contributed by atoms with Gasteiger partial charge in [0.15, 0.2) is 5.13 Å². The average Bonchev–Trinajstić information content (AvgIpc) is 3.19. The molecule has 0 aliphatic carbocycles. The molecular formula is C25H29N3O2S. The Morgan fingerprint density at radius 1 is 1.16 bits per heavy atom. The lowest BCUT2D eigenvalue weighted by Gasteiger charge is -2.27. The van der Waals surface area contributed by atoms with E-state index in [1.807, 2.05) is 41.3 Å². The number of thiazole rings is 1. The zero-order chi connectivity index (χ0) is 21.6. The van der Waals surface area contributed by atoms with Crippen molar-refractivity contribution in [2.45, 2.75) is 20.3 Å². The van der Waals surface area contributed by atoms with E-state index in [0.29, 0.717) is 6.54 Å². The molecule has 1 saturated heterocycles. The second-order valence-corrected chi connectivity index (χ2v) is 8.95. The number of carbonyl (C=O) groups is 1. The van der Waals surface area contributed by atoms with E-state index in [-0.39, 0.29) is 5.91 Å². The molecule has 0 saturated carbocycles. The fraction of sp³-hybridized carbons (Fsp3) is 0.360. The van der Waals surface area contributed by atoms with Crippen LogP contribution in [0, 0.1) is 13.8 Å². The molecule has 3 aromatic rings. The third-order valence-electron chi connectivity index (χ3n) is 5.67. The van der Waals surface area contributed by atoms with E-state index in [1.165, 1.54) is 11.1 Å². The molecule has 1 aliphatic heterocycles. The van der Waals surface area contributed by atoms with E-state index in [4.69, 9.17) is 9.72 Å². The first-order valence-corrected chi connectivity index (χ1v) is 11.6. The van der Waals surface area contributed by atoms with Gasteiger partial charge in [0.05, 0.1) is 23.4 Å². The summed E-state index contributed by atoms with van der Waals surface area (Å²) < 4.78 is 6.56. The van der Waals surface area contributed by atoms with Crippen LogP contribution in [0.5, 0.6) is 0 Å². The fourth-order valence-electron chi connectivity index (χ4n) is 3.68. The minimum atomic E-state index is -0.0293. The summed E-state index contributed by atoms with van der Waals surface area (Å²) in [6.45, 7) is 9.32. The van der Waals surface area contributed by atoms with Crippen LogP contribution < -0.4 is 4.90 Å². The van der Waals surface area contributed by atoms with Gasteiger partial charge >= 0.3 is 0 Å². The number of fused-ring (bicyclic) bond motifs is 1. The Hall–Kier alpha value is -2.54. The molecule has 31 heavy (non-hydrogen) atoms. The van der Waals surface area contributed by atoms with Crippen molar-refractivity contribution >= 4 is 38.7 Å². The van der Waals surface area contributed by atoms with Gasteiger partial charge in [-0.15, -0.1) is 0 Å². The Balaban J connectivity index is 1.54. The minimum Gasteiger partial charge on any atom is -0.379 e. The number of morpholine rings is 1. The molecule has 6 heteroatoms. The number of ether oxygens (including phenoxy) is 1. The number of aromatic nitrogens is 1. The van der Waals surface area contributed by atoms with Crippen molar-refractivity contribution in [2.75, 3.05) is 44.3 Å². The summed E-state index contributed by atoms with van der Waals surface area (Å²) >= 11 is 1.59. The number of rotatable bonds is 7. The monoisotopic (exact) mass is 435 g/mol. The van der Waals surface area contributed by atoms with Gasteiger partial charge in [0.25, 0.3) is 5.91 Å². The van der Waals surface area contributed by atoms with Crippen LogP contribution in [0.3, 0.4) is 0 Å². The van der Waals surface area contributed by atoms with Crippen LogP contribution in [0.15, 0.2) is 48.5 Å². The van der Waals surface area contributed by atoms with E-state index in [9.17, 15) is 4.79 Å². The van der Waals surface area contributed by atoms with Crippen LogP contribution >= 0.6 is 11.3 Å². The van der Waals surface area contributed by atoms with Gasteiger partial charge in [-0.2, -0.15) is 0 Å². The molecule has 5 nitrogen and oxygen atoms in total. The third-order valence-corrected chi connectivity index (χ3v) is 6.71. The summed E-state index contributed by atoms with van der Waals surface area (Å²) in [5.41, 5.74) is 4.44. The highest BCUT2D eigenvalue weighted by atomic mass is 32.1. The second-order valence-electron chi connectivity index (χ2n) is 7.94. The Morgan fingerprint density at radius 2 is 1.90 bits per heavy atom. The van der Waals surface area contributed by atoms with Gasteiger partial charge < -0.3 is 4.74 Å². The van der Waals surface area contributed by atoms with Crippen LogP contribution in [0.2, 0.25) is 0 Å². The van der Waals surface area contributed by atoms with Crippen molar-refractivity contribution in [1.29, 1.82) is 0 Å². The molecule has 0 bridgehead atoms.